The van der Waals surface area contributed by atoms with Crippen molar-refractivity contribution in [3.05, 3.63) is 64.2 Å². The SMILES string of the molecule is COCc1ccc(C(=O)OCC(=O)NCC(=O)Nc2c(C)cc(C)cc2C)cc1. The minimum absolute atomic E-state index is 0.213. The number of anilines is 1. The molecule has 7 nitrogen and oxygen atoms in total. The molecule has 0 atom stereocenters. The summed E-state index contributed by atoms with van der Waals surface area (Å²) in [6, 6.07) is 10.7. The maximum atomic E-state index is 12.1. The quantitative estimate of drug-likeness (QED) is 0.667. The molecule has 0 spiro atoms. The highest BCUT2D eigenvalue weighted by Crippen LogP contribution is 2.21. The van der Waals surface area contributed by atoms with E-state index in [-0.39, 0.29) is 12.5 Å². The number of carbonyl (C=O) groups is 3. The molecule has 0 heterocycles. The normalized spacial score (nSPS) is 10.3. The van der Waals surface area contributed by atoms with Crippen molar-refractivity contribution in [1.29, 1.82) is 0 Å². The second-order valence-corrected chi connectivity index (χ2v) is 6.80. The van der Waals surface area contributed by atoms with Gasteiger partial charge in [-0.1, -0.05) is 29.8 Å². The summed E-state index contributed by atoms with van der Waals surface area (Å²) in [5.74, 6) is -1.52. The molecule has 0 aliphatic carbocycles. The number of aryl methyl sites for hydroxylation is 3. The summed E-state index contributed by atoms with van der Waals surface area (Å²) in [6.45, 7) is 5.58. The van der Waals surface area contributed by atoms with Crippen molar-refractivity contribution >= 4 is 23.5 Å². The van der Waals surface area contributed by atoms with Crippen LogP contribution in [0.5, 0.6) is 0 Å². The number of nitrogens with one attached hydrogen (secondary N) is 2. The van der Waals surface area contributed by atoms with Gasteiger partial charge in [0.2, 0.25) is 5.91 Å². The average Bonchev–Trinajstić information content (AvgIpc) is 2.68. The Morgan fingerprint density at radius 1 is 0.931 bits per heavy atom. The lowest BCUT2D eigenvalue weighted by Gasteiger charge is -2.13. The lowest BCUT2D eigenvalue weighted by atomic mass is 10.1. The Kier molecular flexibility index (Phi) is 7.91. The van der Waals surface area contributed by atoms with E-state index in [1.165, 1.54) is 0 Å². The number of ether oxygens (including phenoxy) is 2. The third-order valence-electron chi connectivity index (χ3n) is 4.22. The van der Waals surface area contributed by atoms with Gasteiger partial charge in [-0.3, -0.25) is 9.59 Å². The van der Waals surface area contributed by atoms with Crippen molar-refractivity contribution in [3.8, 4) is 0 Å². The van der Waals surface area contributed by atoms with Gasteiger partial charge >= 0.3 is 5.97 Å². The summed E-state index contributed by atoms with van der Waals surface area (Å²) < 4.78 is 9.98. The number of esters is 1. The van der Waals surface area contributed by atoms with Crippen LogP contribution in [-0.4, -0.2) is 38.0 Å². The van der Waals surface area contributed by atoms with Gasteiger partial charge in [-0.05, 0) is 49.6 Å². The van der Waals surface area contributed by atoms with E-state index < -0.39 is 18.5 Å². The Bertz CT molecular complexity index is 868. The molecule has 0 saturated carbocycles. The van der Waals surface area contributed by atoms with E-state index in [0.29, 0.717) is 12.2 Å². The number of rotatable bonds is 8. The Morgan fingerprint density at radius 2 is 1.55 bits per heavy atom. The van der Waals surface area contributed by atoms with Crippen molar-refractivity contribution in [2.24, 2.45) is 0 Å². The highest BCUT2D eigenvalue weighted by molar-refractivity contribution is 5.96. The van der Waals surface area contributed by atoms with E-state index in [9.17, 15) is 14.4 Å². The van der Waals surface area contributed by atoms with E-state index in [0.717, 1.165) is 27.9 Å². The van der Waals surface area contributed by atoms with Crippen molar-refractivity contribution in [3.63, 3.8) is 0 Å². The Morgan fingerprint density at radius 3 is 2.14 bits per heavy atom. The lowest BCUT2D eigenvalue weighted by Crippen LogP contribution is -2.35. The molecule has 154 valence electrons. The predicted octanol–water partition coefficient (Wildman–Crippen LogP) is 2.67. The molecule has 2 N–H and O–H groups in total. The number of hydrogen-bond acceptors (Lipinski definition) is 5. The molecule has 0 fully saturated rings. The van der Waals surface area contributed by atoms with Crippen molar-refractivity contribution in [2.45, 2.75) is 27.4 Å². The minimum Gasteiger partial charge on any atom is -0.452 e. The zero-order valence-corrected chi connectivity index (χ0v) is 17.1. The van der Waals surface area contributed by atoms with Crippen LogP contribution >= 0.6 is 0 Å². The zero-order valence-electron chi connectivity index (χ0n) is 17.1. The van der Waals surface area contributed by atoms with Crippen LogP contribution in [0.15, 0.2) is 36.4 Å². The average molecular weight is 398 g/mol. The molecule has 2 rings (SSSR count). The first kappa shape index (κ1) is 22.1. The van der Waals surface area contributed by atoms with E-state index in [2.05, 4.69) is 10.6 Å². The molecule has 0 saturated heterocycles. The second kappa shape index (κ2) is 10.4. The Labute approximate surface area is 170 Å². The van der Waals surface area contributed by atoms with Crippen LogP contribution in [0.2, 0.25) is 0 Å². The topological polar surface area (TPSA) is 93.7 Å². The molecule has 0 unspecified atom stereocenters. The van der Waals surface area contributed by atoms with Gasteiger partial charge in [0.25, 0.3) is 5.91 Å². The van der Waals surface area contributed by atoms with Gasteiger partial charge in [0, 0.05) is 12.8 Å². The number of hydrogen-bond donors (Lipinski definition) is 2. The van der Waals surface area contributed by atoms with Gasteiger partial charge in [-0.25, -0.2) is 4.79 Å². The summed E-state index contributed by atoms with van der Waals surface area (Å²) in [5, 5.41) is 5.24. The Hall–Kier alpha value is -3.19. The highest BCUT2D eigenvalue weighted by atomic mass is 16.5. The zero-order chi connectivity index (χ0) is 21.4. The van der Waals surface area contributed by atoms with Gasteiger partial charge in [0.1, 0.15) is 0 Å². The van der Waals surface area contributed by atoms with Crippen LogP contribution in [-0.2, 0) is 25.7 Å². The summed E-state index contributed by atoms with van der Waals surface area (Å²) in [4.78, 5) is 36.0. The molecule has 2 aromatic rings. The fourth-order valence-corrected chi connectivity index (χ4v) is 2.91. The first-order valence-corrected chi connectivity index (χ1v) is 9.19. The fraction of sp³-hybridized carbons (Fsp3) is 0.318. The van der Waals surface area contributed by atoms with Gasteiger partial charge in [-0.2, -0.15) is 0 Å². The second-order valence-electron chi connectivity index (χ2n) is 6.80. The molecular weight excluding hydrogens is 372 g/mol. The molecule has 0 aliphatic rings. The molecule has 7 heteroatoms. The maximum absolute atomic E-state index is 12.1. The van der Waals surface area contributed by atoms with Crippen LogP contribution in [0, 0.1) is 20.8 Å². The molecule has 2 aromatic carbocycles. The first-order valence-electron chi connectivity index (χ1n) is 9.19. The monoisotopic (exact) mass is 398 g/mol. The van der Waals surface area contributed by atoms with Crippen LogP contribution in [0.1, 0.15) is 32.6 Å². The summed E-state index contributed by atoms with van der Waals surface area (Å²) in [5.41, 5.74) is 5.01. The number of benzene rings is 2. The van der Waals surface area contributed by atoms with E-state index in [1.807, 2.05) is 32.9 Å². The third-order valence-corrected chi connectivity index (χ3v) is 4.22. The molecular formula is C22H26N2O5. The standard InChI is InChI=1S/C22H26N2O5/c1-14-9-15(2)21(16(3)10-14)24-19(25)11-23-20(26)13-29-22(27)18-7-5-17(6-8-18)12-28-4/h5-10H,11-13H2,1-4H3,(H,23,26)(H,24,25). The van der Waals surface area contributed by atoms with Crippen LogP contribution in [0.25, 0.3) is 0 Å². The summed E-state index contributed by atoms with van der Waals surface area (Å²) in [7, 11) is 1.59. The maximum Gasteiger partial charge on any atom is 0.338 e. The minimum atomic E-state index is -0.612. The molecule has 0 aromatic heterocycles. The Balaban J connectivity index is 1.78. The molecule has 0 aliphatic heterocycles. The fourth-order valence-electron chi connectivity index (χ4n) is 2.91. The number of carbonyl (C=O) groups excluding carboxylic acids is 3. The number of methoxy groups -OCH3 is 1. The van der Waals surface area contributed by atoms with E-state index in [4.69, 9.17) is 9.47 Å². The highest BCUT2D eigenvalue weighted by Gasteiger charge is 2.12. The van der Waals surface area contributed by atoms with E-state index >= 15 is 0 Å². The van der Waals surface area contributed by atoms with Gasteiger partial charge in [0.05, 0.1) is 18.7 Å². The van der Waals surface area contributed by atoms with E-state index in [1.54, 1.807) is 31.4 Å². The smallest absolute Gasteiger partial charge is 0.338 e. The van der Waals surface area contributed by atoms with Crippen molar-refractivity contribution in [2.75, 3.05) is 25.6 Å². The summed E-state index contributed by atoms with van der Waals surface area (Å²) in [6.07, 6.45) is 0. The van der Waals surface area contributed by atoms with Crippen molar-refractivity contribution in [1.82, 2.24) is 5.32 Å². The lowest BCUT2D eigenvalue weighted by molar-refractivity contribution is -0.126. The van der Waals surface area contributed by atoms with Crippen LogP contribution in [0.4, 0.5) is 5.69 Å². The largest absolute Gasteiger partial charge is 0.452 e. The van der Waals surface area contributed by atoms with Crippen molar-refractivity contribution < 1.29 is 23.9 Å². The van der Waals surface area contributed by atoms with Gasteiger partial charge in [-0.15, -0.1) is 0 Å². The van der Waals surface area contributed by atoms with Crippen LogP contribution in [0.3, 0.4) is 0 Å². The van der Waals surface area contributed by atoms with Gasteiger partial charge in [0.15, 0.2) is 6.61 Å². The molecule has 0 bridgehead atoms. The molecule has 2 amide bonds. The van der Waals surface area contributed by atoms with Crippen LogP contribution < -0.4 is 10.6 Å². The third kappa shape index (κ3) is 6.73. The molecule has 0 radical (unpaired) electrons. The first-order chi connectivity index (χ1) is 13.8. The predicted molar refractivity (Wildman–Crippen MR) is 110 cm³/mol. The molecule has 29 heavy (non-hydrogen) atoms. The summed E-state index contributed by atoms with van der Waals surface area (Å²) >= 11 is 0. The number of amides is 2. The van der Waals surface area contributed by atoms with Gasteiger partial charge < -0.3 is 20.1 Å².